The molecule has 0 amide bonds. The molecule has 0 aromatic heterocycles. The Morgan fingerprint density at radius 3 is 2.40 bits per heavy atom. The van der Waals surface area contributed by atoms with Gasteiger partial charge in [-0.05, 0) is 69.6 Å². The number of ether oxygens (including phenoxy) is 3. The predicted octanol–water partition coefficient (Wildman–Crippen LogP) is 3.98. The average molecular weight is 491 g/mol. The first-order chi connectivity index (χ1) is 16.4. The third kappa shape index (κ3) is 3.12. The van der Waals surface area contributed by atoms with Gasteiger partial charge in [-0.15, -0.1) is 0 Å². The summed E-state index contributed by atoms with van der Waals surface area (Å²) in [5, 5.41) is 10.5. The van der Waals surface area contributed by atoms with E-state index >= 15 is 0 Å². The maximum Gasteiger partial charge on any atom is 0.309 e. The number of hydrogen-bond acceptors (Lipinski definition) is 7. The number of aliphatic hydroxyl groups excluding tert-OH is 1. The molecule has 196 valence electrons. The average Bonchev–Trinajstić information content (AvgIpc) is 3.34. The summed E-state index contributed by atoms with van der Waals surface area (Å²) < 4.78 is 19.4. The highest BCUT2D eigenvalue weighted by Gasteiger charge is 2.91. The number of fused-ring (bicyclic) bond motifs is 2. The molecule has 1 heterocycles. The number of carbonyl (C=O) groups excluding carboxylic acids is 3. The van der Waals surface area contributed by atoms with Crippen molar-refractivity contribution >= 4 is 17.7 Å². The van der Waals surface area contributed by atoms with Crippen molar-refractivity contribution in [3.8, 4) is 0 Å². The lowest BCUT2D eigenvalue weighted by Gasteiger charge is -2.61. The Kier molecular flexibility index (Phi) is 5.77. The molecule has 5 aliphatic rings. The number of hydrogen-bond donors (Lipinski definition) is 1. The molecular weight excluding hydrogens is 448 g/mol. The van der Waals surface area contributed by atoms with Crippen LogP contribution < -0.4 is 0 Å². The van der Waals surface area contributed by atoms with Crippen molar-refractivity contribution in [2.45, 2.75) is 122 Å². The molecule has 7 heteroatoms. The Bertz CT molecular complexity index is 932. The number of rotatable bonds is 5. The molecular formula is C28H42O7. The maximum atomic E-state index is 13.3. The second kappa shape index (κ2) is 8.01. The summed E-state index contributed by atoms with van der Waals surface area (Å²) >= 11 is 0. The summed E-state index contributed by atoms with van der Waals surface area (Å²) in [6.07, 6.45) is 4.31. The lowest BCUT2D eigenvalue weighted by atomic mass is 9.43. The molecule has 5 rings (SSSR count). The van der Waals surface area contributed by atoms with Gasteiger partial charge >= 0.3 is 11.9 Å². The first-order valence-corrected chi connectivity index (χ1v) is 13.6. The smallest absolute Gasteiger partial charge is 0.309 e. The van der Waals surface area contributed by atoms with Crippen LogP contribution in [0, 0.1) is 34.5 Å². The molecule has 4 aliphatic carbocycles. The Morgan fingerprint density at radius 1 is 1.06 bits per heavy atom. The molecule has 5 fully saturated rings. The van der Waals surface area contributed by atoms with Gasteiger partial charge in [-0.25, -0.2) is 0 Å². The minimum absolute atomic E-state index is 0.0679. The molecule has 0 radical (unpaired) electrons. The van der Waals surface area contributed by atoms with Crippen molar-refractivity contribution in [1.29, 1.82) is 0 Å². The van der Waals surface area contributed by atoms with Crippen molar-refractivity contribution in [2.24, 2.45) is 34.5 Å². The summed E-state index contributed by atoms with van der Waals surface area (Å²) in [6.45, 7) is 11.1. The van der Waals surface area contributed by atoms with E-state index in [0.717, 1.165) is 32.1 Å². The van der Waals surface area contributed by atoms with Crippen molar-refractivity contribution in [3.05, 3.63) is 0 Å². The van der Waals surface area contributed by atoms with E-state index in [2.05, 4.69) is 6.92 Å². The lowest BCUT2D eigenvalue weighted by Crippen LogP contribution is -2.70. The second-order valence-electron chi connectivity index (χ2n) is 12.7. The van der Waals surface area contributed by atoms with Gasteiger partial charge in [0.1, 0.15) is 29.2 Å². The van der Waals surface area contributed by atoms with Gasteiger partial charge in [-0.2, -0.15) is 0 Å². The van der Waals surface area contributed by atoms with Crippen LogP contribution in [0.1, 0.15) is 92.9 Å². The first-order valence-electron chi connectivity index (χ1n) is 13.6. The molecule has 1 aliphatic heterocycles. The number of Topliss-reactive ketones (excluding diaryl/α,β-unsaturated/α-hetero) is 1. The van der Waals surface area contributed by atoms with Gasteiger partial charge in [0.05, 0.1) is 12.0 Å². The van der Waals surface area contributed by atoms with Crippen molar-refractivity contribution < 1.29 is 33.7 Å². The summed E-state index contributed by atoms with van der Waals surface area (Å²) in [6, 6.07) is 0. The van der Waals surface area contributed by atoms with Crippen LogP contribution in [0.2, 0.25) is 0 Å². The van der Waals surface area contributed by atoms with Gasteiger partial charge in [0.15, 0.2) is 0 Å². The van der Waals surface area contributed by atoms with E-state index in [0.29, 0.717) is 19.3 Å². The van der Waals surface area contributed by atoms with Crippen LogP contribution in [0.3, 0.4) is 0 Å². The largest absolute Gasteiger partial charge is 0.458 e. The molecule has 1 N–H and O–H groups in total. The Hall–Kier alpha value is -1.47. The Labute approximate surface area is 208 Å². The van der Waals surface area contributed by atoms with E-state index in [1.54, 1.807) is 6.92 Å². The van der Waals surface area contributed by atoms with Crippen LogP contribution >= 0.6 is 0 Å². The fourth-order valence-electron chi connectivity index (χ4n) is 9.34. The number of esters is 2. The highest BCUT2D eigenvalue weighted by molar-refractivity contribution is 5.81. The highest BCUT2D eigenvalue weighted by atomic mass is 16.7. The van der Waals surface area contributed by atoms with E-state index in [9.17, 15) is 19.5 Å². The second-order valence-corrected chi connectivity index (χ2v) is 12.7. The van der Waals surface area contributed by atoms with Crippen LogP contribution in [-0.2, 0) is 28.6 Å². The zero-order valence-corrected chi connectivity index (χ0v) is 22.1. The molecule has 1 saturated heterocycles. The normalized spacial score (nSPS) is 50.6. The Morgan fingerprint density at radius 2 is 1.77 bits per heavy atom. The standard InChI is InChI=1S/C28H42O7/c1-7-15(2)24(32)34-21-22-25(5)11-9-19(31)14-18(25)8-12-27(22)28(35-27)13-10-20(16(3)29)26(28,6)23(21)33-17(4)30/h15,18-23,31H,7-14H2,1-6H3/t15-,18-,19+,20+,21+,22-,23-,25+,26+,27+,28-/m1/s1. The van der Waals surface area contributed by atoms with Crippen LogP contribution in [0.25, 0.3) is 0 Å². The van der Waals surface area contributed by atoms with Gasteiger partial charge < -0.3 is 19.3 Å². The summed E-state index contributed by atoms with van der Waals surface area (Å²) in [7, 11) is 0. The third-order valence-corrected chi connectivity index (χ3v) is 11.2. The minimum atomic E-state index is -0.765. The summed E-state index contributed by atoms with van der Waals surface area (Å²) in [5.41, 5.74) is -2.06. The van der Waals surface area contributed by atoms with Crippen LogP contribution in [-0.4, -0.2) is 52.3 Å². The molecule has 0 aromatic carbocycles. The van der Waals surface area contributed by atoms with Crippen LogP contribution in [0.5, 0.6) is 0 Å². The van der Waals surface area contributed by atoms with Gasteiger partial charge in [0, 0.05) is 24.2 Å². The molecule has 0 unspecified atom stereocenters. The molecule has 35 heavy (non-hydrogen) atoms. The van der Waals surface area contributed by atoms with Crippen molar-refractivity contribution in [1.82, 2.24) is 0 Å². The molecule has 7 nitrogen and oxygen atoms in total. The zero-order chi connectivity index (χ0) is 25.6. The van der Waals surface area contributed by atoms with Gasteiger partial charge in [0.2, 0.25) is 0 Å². The maximum absolute atomic E-state index is 13.3. The summed E-state index contributed by atoms with van der Waals surface area (Å²) in [4.78, 5) is 38.7. The predicted molar refractivity (Wildman–Crippen MR) is 127 cm³/mol. The Balaban J connectivity index is 1.68. The fraction of sp³-hybridized carbons (Fsp3) is 0.893. The van der Waals surface area contributed by atoms with Gasteiger partial charge in [-0.1, -0.05) is 27.7 Å². The molecule has 0 bridgehead atoms. The monoisotopic (exact) mass is 490 g/mol. The topological polar surface area (TPSA) is 102 Å². The van der Waals surface area contributed by atoms with E-state index in [1.807, 2.05) is 20.8 Å². The quantitative estimate of drug-likeness (QED) is 0.459. The lowest BCUT2D eigenvalue weighted by molar-refractivity contribution is -0.226. The SMILES string of the molecule is CC[C@@H](C)C(=O)O[C@@H]1[C@@H](OC(C)=O)[C@]2(C)[C@H](C(C)=O)CC[C@@]23O[C@]32CC[C@@H]3C[C@@H](O)CC[C@]3(C)[C@@H]12. The molecule has 11 atom stereocenters. The molecule has 2 spiro atoms. The van der Waals surface area contributed by atoms with E-state index in [1.165, 1.54) is 6.92 Å². The first kappa shape index (κ1) is 25.2. The van der Waals surface area contributed by atoms with E-state index < -0.39 is 34.8 Å². The van der Waals surface area contributed by atoms with Crippen molar-refractivity contribution in [3.63, 3.8) is 0 Å². The zero-order valence-electron chi connectivity index (χ0n) is 22.1. The molecule has 0 aromatic rings. The van der Waals surface area contributed by atoms with Gasteiger partial charge in [0.25, 0.3) is 0 Å². The number of carbonyl (C=O) groups is 3. The van der Waals surface area contributed by atoms with E-state index in [4.69, 9.17) is 14.2 Å². The molecule has 4 saturated carbocycles. The van der Waals surface area contributed by atoms with Crippen LogP contribution in [0.15, 0.2) is 0 Å². The van der Waals surface area contributed by atoms with Gasteiger partial charge in [-0.3, -0.25) is 14.4 Å². The summed E-state index contributed by atoms with van der Waals surface area (Å²) in [5.74, 6) is -1.14. The number of aliphatic hydroxyl groups is 1. The van der Waals surface area contributed by atoms with Crippen molar-refractivity contribution in [2.75, 3.05) is 0 Å². The van der Waals surface area contributed by atoms with Crippen LogP contribution in [0.4, 0.5) is 0 Å². The third-order valence-electron chi connectivity index (χ3n) is 11.2. The van der Waals surface area contributed by atoms with E-state index in [-0.39, 0.29) is 46.9 Å². The number of epoxide rings is 1. The minimum Gasteiger partial charge on any atom is -0.458 e. The fourth-order valence-corrected chi connectivity index (χ4v) is 9.34. The number of ketones is 1. The highest BCUT2D eigenvalue weighted by Crippen LogP contribution is 2.81.